The zero-order valence-corrected chi connectivity index (χ0v) is 12.8. The fourth-order valence-corrected chi connectivity index (χ4v) is 3.85. The van der Waals surface area contributed by atoms with Crippen molar-refractivity contribution in [2.24, 2.45) is 0 Å². The number of rotatable bonds is 2. The van der Waals surface area contributed by atoms with E-state index in [1.54, 1.807) is 11.8 Å². The van der Waals surface area contributed by atoms with Crippen molar-refractivity contribution in [3.63, 3.8) is 0 Å². The largest absolute Gasteiger partial charge is 0.329 e. The Morgan fingerprint density at radius 3 is 2.79 bits per heavy atom. The first-order chi connectivity index (χ1) is 9.16. The van der Waals surface area contributed by atoms with Gasteiger partial charge in [-0.05, 0) is 34.1 Å². The van der Waals surface area contributed by atoms with Gasteiger partial charge in [-0.1, -0.05) is 12.1 Å². The van der Waals surface area contributed by atoms with Gasteiger partial charge in [0.1, 0.15) is 5.37 Å². The molecule has 0 bridgehead atoms. The molecule has 1 aromatic heterocycles. The van der Waals surface area contributed by atoms with E-state index < -0.39 is 0 Å². The van der Waals surface area contributed by atoms with Gasteiger partial charge in [0.2, 0.25) is 5.91 Å². The van der Waals surface area contributed by atoms with E-state index in [2.05, 4.69) is 38.8 Å². The van der Waals surface area contributed by atoms with Crippen LogP contribution in [0.2, 0.25) is 0 Å². The summed E-state index contributed by atoms with van der Waals surface area (Å²) in [5.74, 6) is 0.769. The minimum atomic E-state index is 0.135. The van der Waals surface area contributed by atoms with E-state index in [-0.39, 0.29) is 11.3 Å². The molecule has 1 aromatic carbocycles. The summed E-state index contributed by atoms with van der Waals surface area (Å²) in [6, 6.07) is 10.2. The molecule has 0 aliphatic carbocycles. The summed E-state index contributed by atoms with van der Waals surface area (Å²) in [7, 11) is 1.86. The van der Waals surface area contributed by atoms with Crippen LogP contribution in [0.4, 0.5) is 0 Å². The number of para-hydroxylation sites is 1. The molecule has 0 radical (unpaired) electrons. The van der Waals surface area contributed by atoms with Crippen LogP contribution in [-0.4, -0.2) is 28.2 Å². The molecule has 2 heterocycles. The number of carbonyl (C=O) groups excluding carboxylic acids is 1. The van der Waals surface area contributed by atoms with Crippen LogP contribution in [0.1, 0.15) is 10.9 Å². The Kier molecular flexibility index (Phi) is 3.41. The van der Waals surface area contributed by atoms with Crippen molar-refractivity contribution in [1.82, 2.24) is 9.47 Å². The number of hydrogen-bond acceptors (Lipinski definition) is 2. The van der Waals surface area contributed by atoms with Crippen LogP contribution < -0.4 is 0 Å². The van der Waals surface area contributed by atoms with E-state index in [0.717, 1.165) is 15.7 Å². The van der Waals surface area contributed by atoms with E-state index in [1.807, 2.05) is 36.3 Å². The molecule has 1 saturated heterocycles. The lowest BCUT2D eigenvalue weighted by atomic mass is 10.3. The number of benzene rings is 1. The van der Waals surface area contributed by atoms with Gasteiger partial charge in [0, 0.05) is 29.5 Å². The number of hydrogen-bond donors (Lipinski definition) is 0. The van der Waals surface area contributed by atoms with Gasteiger partial charge in [0.15, 0.2) is 0 Å². The van der Waals surface area contributed by atoms with Gasteiger partial charge in [-0.2, -0.15) is 0 Å². The lowest BCUT2D eigenvalue weighted by Gasteiger charge is -2.17. The molecule has 1 aliphatic heterocycles. The summed E-state index contributed by atoms with van der Waals surface area (Å²) in [5, 5.41) is 0.135. The highest BCUT2D eigenvalue weighted by atomic mass is 79.9. The van der Waals surface area contributed by atoms with Crippen LogP contribution >= 0.6 is 27.7 Å². The fraction of sp³-hybridized carbons (Fsp3) is 0.214. The Morgan fingerprint density at radius 2 is 2.11 bits per heavy atom. The SMILES string of the molecule is CN1C(=O)CS[C@@H]1c1ccn(-c2ccccc2Br)c1. The van der Waals surface area contributed by atoms with Crippen molar-refractivity contribution < 1.29 is 4.79 Å². The smallest absolute Gasteiger partial charge is 0.233 e. The molecule has 3 rings (SSSR count). The zero-order valence-electron chi connectivity index (χ0n) is 10.4. The van der Waals surface area contributed by atoms with E-state index in [4.69, 9.17) is 0 Å². The highest BCUT2D eigenvalue weighted by molar-refractivity contribution is 9.10. The van der Waals surface area contributed by atoms with Gasteiger partial charge >= 0.3 is 0 Å². The van der Waals surface area contributed by atoms with Crippen LogP contribution in [0.3, 0.4) is 0 Å². The minimum absolute atomic E-state index is 0.135. The predicted octanol–water partition coefficient (Wildman–Crippen LogP) is 3.44. The van der Waals surface area contributed by atoms with Gasteiger partial charge in [-0.15, -0.1) is 11.8 Å². The van der Waals surface area contributed by atoms with Crippen LogP contribution in [0, 0.1) is 0 Å². The van der Waals surface area contributed by atoms with E-state index in [0.29, 0.717) is 5.75 Å². The molecule has 19 heavy (non-hydrogen) atoms. The molecule has 2 aromatic rings. The van der Waals surface area contributed by atoms with Crippen LogP contribution in [-0.2, 0) is 4.79 Å². The monoisotopic (exact) mass is 336 g/mol. The topological polar surface area (TPSA) is 25.2 Å². The van der Waals surface area contributed by atoms with Crippen molar-refractivity contribution in [1.29, 1.82) is 0 Å². The first-order valence-electron chi connectivity index (χ1n) is 5.97. The summed E-state index contributed by atoms with van der Waals surface area (Å²) in [4.78, 5) is 13.4. The van der Waals surface area contributed by atoms with Crippen molar-refractivity contribution in [2.75, 3.05) is 12.8 Å². The second-order valence-electron chi connectivity index (χ2n) is 4.47. The molecular weight excluding hydrogens is 324 g/mol. The number of halogens is 1. The molecule has 0 N–H and O–H groups in total. The maximum absolute atomic E-state index is 11.6. The number of amides is 1. The van der Waals surface area contributed by atoms with Crippen molar-refractivity contribution in [3.8, 4) is 5.69 Å². The summed E-state index contributed by atoms with van der Waals surface area (Å²) < 4.78 is 3.14. The van der Waals surface area contributed by atoms with E-state index in [1.165, 1.54) is 0 Å². The molecular formula is C14H13BrN2OS. The standard InChI is InChI=1S/C14H13BrN2OS/c1-16-13(18)9-19-14(16)10-6-7-17(8-10)12-5-3-2-4-11(12)15/h2-8,14H,9H2,1H3/t14-/m1/s1. The van der Waals surface area contributed by atoms with E-state index in [9.17, 15) is 4.79 Å². The van der Waals surface area contributed by atoms with Crippen LogP contribution in [0.5, 0.6) is 0 Å². The highest BCUT2D eigenvalue weighted by Gasteiger charge is 2.30. The third kappa shape index (κ3) is 2.32. The Morgan fingerprint density at radius 1 is 1.32 bits per heavy atom. The van der Waals surface area contributed by atoms with Crippen molar-refractivity contribution in [2.45, 2.75) is 5.37 Å². The van der Waals surface area contributed by atoms with Gasteiger partial charge in [-0.25, -0.2) is 0 Å². The van der Waals surface area contributed by atoms with Gasteiger partial charge in [0.05, 0.1) is 11.4 Å². The first-order valence-corrected chi connectivity index (χ1v) is 7.81. The van der Waals surface area contributed by atoms with Gasteiger partial charge in [0.25, 0.3) is 0 Å². The second-order valence-corrected chi connectivity index (χ2v) is 6.39. The Bertz CT molecular complexity index is 625. The Labute approximate surface area is 124 Å². The van der Waals surface area contributed by atoms with Crippen LogP contribution in [0.15, 0.2) is 47.2 Å². The normalized spacial score (nSPS) is 19.2. The molecule has 1 aliphatic rings. The third-order valence-corrected chi connectivity index (χ3v) is 5.23. The minimum Gasteiger partial charge on any atom is -0.329 e. The summed E-state index contributed by atoms with van der Waals surface area (Å²) >= 11 is 5.23. The summed E-state index contributed by atoms with van der Waals surface area (Å²) in [6.45, 7) is 0. The number of aromatic nitrogens is 1. The summed E-state index contributed by atoms with van der Waals surface area (Å²) in [5.41, 5.74) is 2.26. The molecule has 5 heteroatoms. The van der Waals surface area contributed by atoms with Gasteiger partial charge < -0.3 is 9.47 Å². The average Bonchev–Trinajstić information content (AvgIpc) is 2.99. The molecule has 0 unspecified atom stereocenters. The fourth-order valence-electron chi connectivity index (χ4n) is 2.18. The van der Waals surface area contributed by atoms with Crippen molar-refractivity contribution in [3.05, 3.63) is 52.8 Å². The second kappa shape index (κ2) is 5.06. The third-order valence-electron chi connectivity index (χ3n) is 3.24. The lowest BCUT2D eigenvalue weighted by Crippen LogP contribution is -2.22. The number of carbonyl (C=O) groups is 1. The molecule has 1 atom stereocenters. The quantitative estimate of drug-likeness (QED) is 0.839. The van der Waals surface area contributed by atoms with Crippen molar-refractivity contribution >= 4 is 33.6 Å². The molecule has 98 valence electrons. The average molecular weight is 337 g/mol. The van der Waals surface area contributed by atoms with Crippen LogP contribution in [0.25, 0.3) is 5.69 Å². The molecule has 3 nitrogen and oxygen atoms in total. The molecule has 0 spiro atoms. The molecule has 0 saturated carbocycles. The maximum atomic E-state index is 11.6. The Balaban J connectivity index is 1.92. The number of thioether (sulfide) groups is 1. The zero-order chi connectivity index (χ0) is 13.4. The molecule has 1 fully saturated rings. The highest BCUT2D eigenvalue weighted by Crippen LogP contribution is 2.37. The molecule has 1 amide bonds. The Hall–Kier alpha value is -1.20. The van der Waals surface area contributed by atoms with E-state index >= 15 is 0 Å². The first kappa shape index (κ1) is 12.8. The summed E-state index contributed by atoms with van der Waals surface area (Å²) in [6.07, 6.45) is 4.12. The predicted molar refractivity (Wildman–Crippen MR) is 81.4 cm³/mol. The maximum Gasteiger partial charge on any atom is 0.233 e. The van der Waals surface area contributed by atoms with Gasteiger partial charge in [-0.3, -0.25) is 4.79 Å². The lowest BCUT2D eigenvalue weighted by molar-refractivity contribution is -0.126. The number of nitrogens with zero attached hydrogens (tertiary/aromatic N) is 2.